The van der Waals surface area contributed by atoms with Gasteiger partial charge < -0.3 is 15.1 Å². The van der Waals surface area contributed by atoms with E-state index in [2.05, 4.69) is 10.1 Å². The van der Waals surface area contributed by atoms with E-state index in [1.165, 1.54) is 11.2 Å². The molecule has 2 heterocycles. The smallest absolute Gasteiger partial charge is 0.407 e. The van der Waals surface area contributed by atoms with Gasteiger partial charge in [-0.3, -0.25) is 4.68 Å². The Kier molecular flexibility index (Phi) is 2.78. The van der Waals surface area contributed by atoms with E-state index in [0.717, 1.165) is 0 Å². The molecule has 7 heteroatoms. The van der Waals surface area contributed by atoms with Gasteiger partial charge in [-0.15, -0.1) is 0 Å². The zero-order valence-corrected chi connectivity index (χ0v) is 8.78. The van der Waals surface area contributed by atoms with Gasteiger partial charge in [0.2, 0.25) is 0 Å². The molecule has 0 spiro atoms. The van der Waals surface area contributed by atoms with Gasteiger partial charge in [0.15, 0.2) is 0 Å². The molecule has 1 aromatic heterocycles. The molecule has 2 rings (SSSR count). The van der Waals surface area contributed by atoms with Crippen LogP contribution in [-0.4, -0.2) is 54.7 Å². The Morgan fingerprint density at radius 3 is 2.62 bits per heavy atom. The average Bonchev–Trinajstić information content (AvgIpc) is 2.70. The van der Waals surface area contributed by atoms with Crippen molar-refractivity contribution in [2.45, 2.75) is 25.0 Å². The van der Waals surface area contributed by atoms with E-state index in [1.807, 2.05) is 0 Å². The van der Waals surface area contributed by atoms with Crippen molar-refractivity contribution in [2.75, 3.05) is 13.1 Å². The quantitative estimate of drug-likeness (QED) is 0.727. The molecule has 7 nitrogen and oxygen atoms in total. The number of rotatable bonds is 2. The first-order chi connectivity index (χ1) is 7.59. The Morgan fingerprint density at radius 2 is 2.12 bits per heavy atom. The van der Waals surface area contributed by atoms with E-state index in [-0.39, 0.29) is 0 Å². The molecule has 16 heavy (non-hydrogen) atoms. The molecule has 1 fully saturated rings. The summed E-state index contributed by atoms with van der Waals surface area (Å²) in [6.45, 7) is 1.08. The van der Waals surface area contributed by atoms with Gasteiger partial charge in [-0.25, -0.2) is 9.78 Å². The van der Waals surface area contributed by atoms with Crippen molar-refractivity contribution in [2.24, 2.45) is 0 Å². The Labute approximate surface area is 92.3 Å². The number of hydrogen-bond donors (Lipinski definition) is 2. The maximum Gasteiger partial charge on any atom is 0.407 e. The van der Waals surface area contributed by atoms with E-state index < -0.39 is 11.7 Å². The highest BCUT2D eigenvalue weighted by Crippen LogP contribution is 2.23. The standard InChI is InChI=1S/C9H14N4O3/c14-8(15)12-3-1-9(16,2-4-12)5-13-7-10-6-11-13/h6-7,16H,1-5H2,(H,14,15). The number of nitrogens with zero attached hydrogens (tertiary/aromatic N) is 4. The first-order valence-corrected chi connectivity index (χ1v) is 5.12. The number of piperidine rings is 1. The highest BCUT2D eigenvalue weighted by Gasteiger charge is 2.34. The summed E-state index contributed by atoms with van der Waals surface area (Å²) < 4.78 is 1.57. The molecule has 1 amide bonds. The van der Waals surface area contributed by atoms with Crippen LogP contribution >= 0.6 is 0 Å². The van der Waals surface area contributed by atoms with Crippen LogP contribution in [0.1, 0.15) is 12.8 Å². The molecule has 0 radical (unpaired) electrons. The summed E-state index contributed by atoms with van der Waals surface area (Å²) in [6.07, 6.45) is 2.89. The topological polar surface area (TPSA) is 91.5 Å². The summed E-state index contributed by atoms with van der Waals surface area (Å²) in [7, 11) is 0. The summed E-state index contributed by atoms with van der Waals surface area (Å²) in [5.41, 5.74) is -0.875. The lowest BCUT2D eigenvalue weighted by molar-refractivity contribution is -0.0320. The summed E-state index contributed by atoms with van der Waals surface area (Å²) in [6, 6.07) is 0. The van der Waals surface area contributed by atoms with Crippen LogP contribution in [-0.2, 0) is 6.54 Å². The third-order valence-corrected chi connectivity index (χ3v) is 2.89. The second kappa shape index (κ2) is 4.09. The monoisotopic (exact) mass is 226 g/mol. The Hall–Kier alpha value is -1.63. The van der Waals surface area contributed by atoms with Gasteiger partial charge >= 0.3 is 6.09 Å². The van der Waals surface area contributed by atoms with Gasteiger partial charge in [-0.2, -0.15) is 5.10 Å². The van der Waals surface area contributed by atoms with E-state index >= 15 is 0 Å². The van der Waals surface area contributed by atoms with Crippen molar-refractivity contribution in [3.8, 4) is 0 Å². The molecular formula is C9H14N4O3. The van der Waals surface area contributed by atoms with Crippen LogP contribution in [0.4, 0.5) is 4.79 Å². The van der Waals surface area contributed by atoms with Crippen molar-refractivity contribution >= 4 is 6.09 Å². The number of carboxylic acid groups (broad SMARTS) is 1. The van der Waals surface area contributed by atoms with Crippen molar-refractivity contribution in [3.05, 3.63) is 12.7 Å². The first-order valence-electron chi connectivity index (χ1n) is 5.12. The predicted molar refractivity (Wildman–Crippen MR) is 53.8 cm³/mol. The predicted octanol–water partition coefficient (Wildman–Crippen LogP) is -0.217. The van der Waals surface area contributed by atoms with Crippen LogP contribution in [0.15, 0.2) is 12.7 Å². The zero-order valence-electron chi connectivity index (χ0n) is 8.78. The van der Waals surface area contributed by atoms with Crippen molar-refractivity contribution < 1.29 is 15.0 Å². The minimum absolute atomic E-state index is 0.362. The number of aliphatic hydroxyl groups is 1. The molecule has 1 aliphatic rings. The van der Waals surface area contributed by atoms with E-state index in [9.17, 15) is 9.90 Å². The highest BCUT2D eigenvalue weighted by atomic mass is 16.4. The molecular weight excluding hydrogens is 212 g/mol. The van der Waals surface area contributed by atoms with E-state index in [1.54, 1.807) is 11.0 Å². The Morgan fingerprint density at radius 1 is 1.44 bits per heavy atom. The third kappa shape index (κ3) is 2.30. The van der Waals surface area contributed by atoms with Crippen LogP contribution in [0.2, 0.25) is 0 Å². The largest absolute Gasteiger partial charge is 0.465 e. The average molecular weight is 226 g/mol. The number of amides is 1. The molecule has 1 aromatic rings. The van der Waals surface area contributed by atoms with Gasteiger partial charge in [0, 0.05) is 13.1 Å². The molecule has 0 atom stereocenters. The molecule has 2 N–H and O–H groups in total. The maximum absolute atomic E-state index is 10.7. The van der Waals surface area contributed by atoms with Gasteiger partial charge in [-0.05, 0) is 12.8 Å². The zero-order chi connectivity index (χ0) is 11.6. The van der Waals surface area contributed by atoms with Crippen LogP contribution in [0, 0.1) is 0 Å². The lowest BCUT2D eigenvalue weighted by Crippen LogP contribution is -2.48. The van der Waals surface area contributed by atoms with E-state index in [0.29, 0.717) is 32.5 Å². The van der Waals surface area contributed by atoms with Crippen LogP contribution in [0.25, 0.3) is 0 Å². The van der Waals surface area contributed by atoms with Gasteiger partial charge in [0.05, 0.1) is 12.1 Å². The number of aromatic nitrogens is 3. The SMILES string of the molecule is O=C(O)N1CCC(O)(Cn2cncn2)CC1. The maximum atomic E-state index is 10.7. The summed E-state index contributed by atoms with van der Waals surface area (Å²) in [5.74, 6) is 0. The van der Waals surface area contributed by atoms with Crippen LogP contribution in [0.5, 0.6) is 0 Å². The van der Waals surface area contributed by atoms with Gasteiger partial charge in [0.25, 0.3) is 0 Å². The number of carbonyl (C=O) groups is 1. The third-order valence-electron chi connectivity index (χ3n) is 2.89. The minimum atomic E-state index is -0.928. The number of likely N-dealkylation sites (tertiary alicyclic amines) is 1. The molecule has 0 aromatic carbocycles. The fraction of sp³-hybridized carbons (Fsp3) is 0.667. The second-order valence-corrected chi connectivity index (χ2v) is 4.09. The minimum Gasteiger partial charge on any atom is -0.465 e. The fourth-order valence-electron chi connectivity index (χ4n) is 1.89. The van der Waals surface area contributed by atoms with Crippen LogP contribution < -0.4 is 0 Å². The second-order valence-electron chi connectivity index (χ2n) is 4.09. The van der Waals surface area contributed by atoms with Crippen molar-refractivity contribution in [3.63, 3.8) is 0 Å². The summed E-state index contributed by atoms with van der Waals surface area (Å²) in [4.78, 5) is 15.8. The van der Waals surface area contributed by atoms with Crippen molar-refractivity contribution in [1.82, 2.24) is 19.7 Å². The van der Waals surface area contributed by atoms with Gasteiger partial charge in [0.1, 0.15) is 12.7 Å². The molecule has 0 saturated carbocycles. The normalized spacial score (nSPS) is 19.7. The highest BCUT2D eigenvalue weighted by molar-refractivity contribution is 5.65. The lowest BCUT2D eigenvalue weighted by atomic mass is 9.91. The first kappa shape index (κ1) is 10.9. The molecule has 1 aliphatic heterocycles. The van der Waals surface area contributed by atoms with E-state index in [4.69, 9.17) is 5.11 Å². The number of hydrogen-bond acceptors (Lipinski definition) is 4. The fourth-order valence-corrected chi connectivity index (χ4v) is 1.89. The van der Waals surface area contributed by atoms with Crippen LogP contribution in [0.3, 0.4) is 0 Å². The molecule has 1 saturated heterocycles. The Bertz CT molecular complexity index is 357. The Balaban J connectivity index is 1.93. The van der Waals surface area contributed by atoms with Gasteiger partial charge in [-0.1, -0.05) is 0 Å². The molecule has 0 unspecified atom stereocenters. The molecule has 0 bridgehead atoms. The summed E-state index contributed by atoms with van der Waals surface area (Å²) in [5, 5.41) is 22.9. The van der Waals surface area contributed by atoms with Crippen molar-refractivity contribution in [1.29, 1.82) is 0 Å². The molecule has 88 valence electrons. The summed E-state index contributed by atoms with van der Waals surface area (Å²) >= 11 is 0. The molecule has 0 aliphatic carbocycles. The lowest BCUT2D eigenvalue weighted by Gasteiger charge is -2.36.